The molecule has 1 aromatic heterocycles. The number of methoxy groups -OCH3 is 1. The lowest BCUT2D eigenvalue weighted by Crippen LogP contribution is -2.34. The third-order valence-electron chi connectivity index (χ3n) is 4.10. The van der Waals surface area contributed by atoms with Crippen molar-refractivity contribution in [2.24, 2.45) is 0 Å². The molecule has 0 saturated carbocycles. The summed E-state index contributed by atoms with van der Waals surface area (Å²) < 4.78 is 6.34. The van der Waals surface area contributed by atoms with Crippen molar-refractivity contribution in [1.29, 1.82) is 0 Å². The number of carbonyl (C=O) groups is 2. The summed E-state index contributed by atoms with van der Waals surface area (Å²) in [6.45, 7) is 1.76. The van der Waals surface area contributed by atoms with E-state index in [0.29, 0.717) is 11.3 Å². The lowest BCUT2D eigenvalue weighted by molar-refractivity contribution is -0.141. The molecule has 0 bridgehead atoms. The van der Waals surface area contributed by atoms with Crippen molar-refractivity contribution >= 4 is 11.9 Å². The summed E-state index contributed by atoms with van der Waals surface area (Å²) >= 11 is 0. The second-order valence-corrected chi connectivity index (χ2v) is 6.19. The molecule has 1 heterocycles. The molecule has 3 aromatic rings. The Bertz CT molecular complexity index is 920. The molecule has 0 aliphatic heterocycles. The SMILES string of the molecule is COC(=O)CC(C)NC(=O)c1cn(-c2ccccc2)nc1-c1ccccc1. The molecular formula is C21H21N3O3. The highest BCUT2D eigenvalue weighted by atomic mass is 16.5. The summed E-state index contributed by atoms with van der Waals surface area (Å²) in [6.07, 6.45) is 1.81. The Morgan fingerprint density at radius 1 is 1.07 bits per heavy atom. The van der Waals surface area contributed by atoms with Crippen LogP contribution in [0.4, 0.5) is 0 Å². The minimum Gasteiger partial charge on any atom is -0.469 e. The van der Waals surface area contributed by atoms with Crippen molar-refractivity contribution in [3.05, 3.63) is 72.4 Å². The van der Waals surface area contributed by atoms with E-state index in [4.69, 9.17) is 0 Å². The molecule has 0 radical (unpaired) electrons. The number of rotatable bonds is 6. The Labute approximate surface area is 157 Å². The number of hydrogen-bond donors (Lipinski definition) is 1. The van der Waals surface area contributed by atoms with E-state index in [2.05, 4.69) is 15.2 Å². The van der Waals surface area contributed by atoms with E-state index < -0.39 is 0 Å². The summed E-state index contributed by atoms with van der Waals surface area (Å²) in [6, 6.07) is 18.8. The quantitative estimate of drug-likeness (QED) is 0.683. The molecule has 6 nitrogen and oxygen atoms in total. The number of aromatic nitrogens is 2. The predicted molar refractivity (Wildman–Crippen MR) is 103 cm³/mol. The molecule has 0 spiro atoms. The van der Waals surface area contributed by atoms with E-state index >= 15 is 0 Å². The second kappa shape index (κ2) is 8.31. The summed E-state index contributed by atoms with van der Waals surface area (Å²) in [5.74, 6) is -0.654. The van der Waals surface area contributed by atoms with Gasteiger partial charge in [-0.2, -0.15) is 5.10 Å². The molecular weight excluding hydrogens is 342 g/mol. The highest BCUT2D eigenvalue weighted by molar-refractivity contribution is 6.00. The smallest absolute Gasteiger partial charge is 0.307 e. The van der Waals surface area contributed by atoms with Crippen LogP contribution >= 0.6 is 0 Å². The van der Waals surface area contributed by atoms with Crippen LogP contribution in [0.3, 0.4) is 0 Å². The lowest BCUT2D eigenvalue weighted by atomic mass is 10.1. The Morgan fingerprint density at radius 2 is 1.70 bits per heavy atom. The fourth-order valence-electron chi connectivity index (χ4n) is 2.75. The molecule has 0 saturated heterocycles. The van der Waals surface area contributed by atoms with E-state index in [9.17, 15) is 9.59 Å². The van der Waals surface area contributed by atoms with Gasteiger partial charge < -0.3 is 10.1 Å². The van der Waals surface area contributed by atoms with Crippen LogP contribution in [-0.2, 0) is 9.53 Å². The number of nitrogens with one attached hydrogen (secondary N) is 1. The molecule has 27 heavy (non-hydrogen) atoms. The number of amides is 1. The van der Waals surface area contributed by atoms with Gasteiger partial charge in [-0.05, 0) is 19.1 Å². The highest BCUT2D eigenvalue weighted by Gasteiger charge is 2.21. The topological polar surface area (TPSA) is 73.2 Å². The fraction of sp³-hybridized carbons (Fsp3) is 0.190. The van der Waals surface area contributed by atoms with E-state index in [1.807, 2.05) is 60.7 Å². The van der Waals surface area contributed by atoms with Gasteiger partial charge in [0.25, 0.3) is 5.91 Å². The summed E-state index contributed by atoms with van der Waals surface area (Å²) in [5, 5.41) is 7.46. The summed E-state index contributed by atoms with van der Waals surface area (Å²) in [4.78, 5) is 24.3. The normalized spacial score (nSPS) is 11.6. The van der Waals surface area contributed by atoms with Crippen LogP contribution in [0, 0.1) is 0 Å². The largest absolute Gasteiger partial charge is 0.469 e. The number of ether oxygens (including phenoxy) is 1. The van der Waals surface area contributed by atoms with Gasteiger partial charge in [0.05, 0.1) is 24.8 Å². The number of para-hydroxylation sites is 1. The molecule has 1 N–H and O–H groups in total. The van der Waals surface area contributed by atoms with Crippen LogP contribution in [0.25, 0.3) is 16.9 Å². The Kier molecular flexibility index (Phi) is 5.66. The summed E-state index contributed by atoms with van der Waals surface area (Å²) in [5.41, 5.74) is 2.73. The number of benzene rings is 2. The maximum absolute atomic E-state index is 12.8. The zero-order chi connectivity index (χ0) is 19.2. The summed E-state index contributed by atoms with van der Waals surface area (Å²) in [7, 11) is 1.33. The van der Waals surface area contributed by atoms with Gasteiger partial charge >= 0.3 is 5.97 Å². The van der Waals surface area contributed by atoms with Crippen LogP contribution in [-0.4, -0.2) is 34.8 Å². The van der Waals surface area contributed by atoms with Crippen molar-refractivity contribution in [3.63, 3.8) is 0 Å². The van der Waals surface area contributed by atoms with E-state index in [-0.39, 0.29) is 24.3 Å². The third-order valence-corrected chi connectivity index (χ3v) is 4.10. The van der Waals surface area contributed by atoms with Crippen molar-refractivity contribution in [2.45, 2.75) is 19.4 Å². The Hall–Kier alpha value is -3.41. The molecule has 1 amide bonds. The first-order valence-electron chi connectivity index (χ1n) is 8.66. The monoisotopic (exact) mass is 363 g/mol. The number of carbonyl (C=O) groups excluding carboxylic acids is 2. The average molecular weight is 363 g/mol. The molecule has 2 aromatic carbocycles. The molecule has 0 aliphatic rings. The Morgan fingerprint density at radius 3 is 2.33 bits per heavy atom. The first-order chi connectivity index (χ1) is 13.1. The molecule has 0 aliphatic carbocycles. The van der Waals surface area contributed by atoms with Crippen LogP contribution < -0.4 is 5.32 Å². The minimum atomic E-state index is -0.369. The van der Waals surface area contributed by atoms with Gasteiger partial charge in [-0.3, -0.25) is 9.59 Å². The second-order valence-electron chi connectivity index (χ2n) is 6.19. The van der Waals surface area contributed by atoms with E-state index in [0.717, 1.165) is 11.3 Å². The van der Waals surface area contributed by atoms with Gasteiger partial charge in [0.1, 0.15) is 5.69 Å². The number of nitrogens with zero attached hydrogens (tertiary/aromatic N) is 2. The van der Waals surface area contributed by atoms with Crippen molar-refractivity contribution in [3.8, 4) is 16.9 Å². The highest BCUT2D eigenvalue weighted by Crippen LogP contribution is 2.23. The van der Waals surface area contributed by atoms with Crippen LogP contribution in [0.1, 0.15) is 23.7 Å². The zero-order valence-corrected chi connectivity index (χ0v) is 15.3. The van der Waals surface area contributed by atoms with Gasteiger partial charge in [-0.15, -0.1) is 0 Å². The fourth-order valence-corrected chi connectivity index (χ4v) is 2.75. The van der Waals surface area contributed by atoms with Gasteiger partial charge in [-0.25, -0.2) is 4.68 Å². The van der Waals surface area contributed by atoms with Gasteiger partial charge in [-0.1, -0.05) is 48.5 Å². The molecule has 1 atom stereocenters. The van der Waals surface area contributed by atoms with Crippen LogP contribution in [0.15, 0.2) is 66.9 Å². The average Bonchev–Trinajstić information content (AvgIpc) is 3.15. The van der Waals surface area contributed by atoms with Crippen LogP contribution in [0.5, 0.6) is 0 Å². The first-order valence-corrected chi connectivity index (χ1v) is 8.66. The lowest BCUT2D eigenvalue weighted by Gasteiger charge is -2.12. The van der Waals surface area contributed by atoms with Gasteiger partial charge in [0.2, 0.25) is 0 Å². The zero-order valence-electron chi connectivity index (χ0n) is 15.3. The molecule has 0 fully saturated rings. The van der Waals surface area contributed by atoms with Crippen molar-refractivity contribution in [2.75, 3.05) is 7.11 Å². The van der Waals surface area contributed by atoms with E-state index in [1.165, 1.54) is 7.11 Å². The maximum Gasteiger partial charge on any atom is 0.307 e. The van der Waals surface area contributed by atoms with Crippen molar-refractivity contribution < 1.29 is 14.3 Å². The van der Waals surface area contributed by atoms with Gasteiger partial charge in [0.15, 0.2) is 0 Å². The van der Waals surface area contributed by atoms with E-state index in [1.54, 1.807) is 17.8 Å². The van der Waals surface area contributed by atoms with Crippen LogP contribution in [0.2, 0.25) is 0 Å². The maximum atomic E-state index is 12.8. The first kappa shape index (κ1) is 18.4. The standard InChI is InChI=1S/C21H21N3O3/c1-15(13-19(25)27-2)22-21(26)18-14-24(17-11-7-4-8-12-17)23-20(18)16-9-5-3-6-10-16/h3-12,14-15H,13H2,1-2H3,(H,22,26). The number of esters is 1. The third kappa shape index (κ3) is 4.41. The predicted octanol–water partition coefficient (Wildman–Crippen LogP) is 3.22. The molecule has 1 unspecified atom stereocenters. The molecule has 6 heteroatoms. The van der Waals surface area contributed by atoms with Gasteiger partial charge in [0, 0.05) is 17.8 Å². The minimum absolute atomic E-state index is 0.107. The molecule has 138 valence electrons. The molecule has 3 rings (SSSR count). The number of hydrogen-bond acceptors (Lipinski definition) is 4. The van der Waals surface area contributed by atoms with Crippen molar-refractivity contribution in [1.82, 2.24) is 15.1 Å². The Balaban J connectivity index is 1.94.